The van der Waals surface area contributed by atoms with E-state index >= 15 is 0 Å². The largest absolute Gasteiger partial charge is 0.444 e. The molecule has 2 saturated heterocycles. The number of nitrogens with zero attached hydrogens (tertiary/aromatic N) is 3. The highest BCUT2D eigenvalue weighted by Gasteiger charge is 2.62. The lowest BCUT2D eigenvalue weighted by molar-refractivity contribution is -0.141. The van der Waals surface area contributed by atoms with Crippen LogP contribution >= 0.6 is 0 Å². The number of benzene rings is 1. The average molecular weight is 758 g/mol. The van der Waals surface area contributed by atoms with Crippen LogP contribution in [0.3, 0.4) is 0 Å². The molecule has 1 aromatic carbocycles. The predicted octanol–water partition coefficient (Wildman–Crippen LogP) is 1.66. The number of hydrogen-bond donors (Lipinski definition) is 4. The van der Waals surface area contributed by atoms with E-state index in [-0.39, 0.29) is 38.9 Å². The minimum absolute atomic E-state index is 0.0689. The second-order valence-corrected chi connectivity index (χ2v) is 17.2. The molecule has 4 heterocycles. The second kappa shape index (κ2) is 15.6. The monoisotopic (exact) mass is 757 g/mol. The number of fused-ring (bicyclic) bond motifs is 3. The fraction of sp³-hybridized carbons (Fsp3) is 0.639. The number of alkyl carbamates (subject to hydrolysis) is 1. The van der Waals surface area contributed by atoms with Crippen LogP contribution in [0.25, 0.3) is 0 Å². The molecule has 0 radical (unpaired) electrons. The van der Waals surface area contributed by atoms with Gasteiger partial charge in [-0.25, -0.2) is 14.3 Å². The molecule has 16 nitrogen and oxygen atoms in total. The number of allylic oxidation sites excluding steroid dienone is 1. The average Bonchev–Trinajstić information content (AvgIpc) is 3.40. The Hall–Kier alpha value is -4.22. The van der Waals surface area contributed by atoms with Crippen molar-refractivity contribution in [3.8, 4) is 0 Å². The van der Waals surface area contributed by atoms with E-state index in [1.807, 2.05) is 36.4 Å². The number of ether oxygens (including phenoxy) is 2. The Morgan fingerprint density at radius 2 is 1.70 bits per heavy atom. The predicted molar refractivity (Wildman–Crippen MR) is 192 cm³/mol. The van der Waals surface area contributed by atoms with Crippen LogP contribution in [0.1, 0.15) is 76.8 Å². The maximum atomic E-state index is 14.4. The summed E-state index contributed by atoms with van der Waals surface area (Å²) in [6, 6.07) is 5.45. The van der Waals surface area contributed by atoms with E-state index in [4.69, 9.17) is 9.47 Å². The molecule has 0 spiro atoms. The topological polar surface area (TPSA) is 196 Å². The Bertz CT molecular complexity index is 1700. The number of rotatable bonds is 5. The van der Waals surface area contributed by atoms with Gasteiger partial charge >= 0.3 is 22.4 Å². The zero-order chi connectivity index (χ0) is 38.0. The summed E-state index contributed by atoms with van der Waals surface area (Å²) in [4.78, 5) is 71.7. The summed E-state index contributed by atoms with van der Waals surface area (Å²) in [5, 5.41) is 8.61. The van der Waals surface area contributed by atoms with Crippen LogP contribution in [-0.4, -0.2) is 114 Å². The van der Waals surface area contributed by atoms with Gasteiger partial charge in [-0.1, -0.05) is 49.3 Å². The summed E-state index contributed by atoms with van der Waals surface area (Å²) < 4.78 is 41.2. The van der Waals surface area contributed by atoms with Crippen molar-refractivity contribution >= 4 is 40.1 Å². The second-order valence-electron chi connectivity index (χ2n) is 15.5. The summed E-state index contributed by atoms with van der Waals surface area (Å²) >= 11 is 0. The van der Waals surface area contributed by atoms with Crippen molar-refractivity contribution in [3.63, 3.8) is 0 Å². The molecule has 53 heavy (non-hydrogen) atoms. The van der Waals surface area contributed by atoms with Gasteiger partial charge in [0.15, 0.2) is 0 Å². The lowest BCUT2D eigenvalue weighted by Crippen LogP contribution is -2.60. The summed E-state index contributed by atoms with van der Waals surface area (Å²) in [5.74, 6) is -2.59. The van der Waals surface area contributed by atoms with Gasteiger partial charge in [-0.05, 0) is 57.6 Å². The van der Waals surface area contributed by atoms with Gasteiger partial charge in [0.1, 0.15) is 29.3 Å². The highest BCUT2D eigenvalue weighted by atomic mass is 32.2. The molecular formula is C36H51N7O9S. The van der Waals surface area contributed by atoms with Crippen LogP contribution < -0.4 is 20.7 Å². The van der Waals surface area contributed by atoms with Crippen LogP contribution in [0.5, 0.6) is 0 Å². The molecule has 4 aliphatic heterocycles. The third kappa shape index (κ3) is 9.12. The summed E-state index contributed by atoms with van der Waals surface area (Å²) in [6.07, 6.45) is 4.65. The maximum Gasteiger partial charge on any atom is 0.410 e. The summed E-state index contributed by atoms with van der Waals surface area (Å²) in [6.45, 7) is 6.98. The van der Waals surface area contributed by atoms with Crippen LogP contribution in [0.4, 0.5) is 9.59 Å². The van der Waals surface area contributed by atoms with E-state index in [0.29, 0.717) is 39.0 Å². The minimum Gasteiger partial charge on any atom is -0.444 e. The van der Waals surface area contributed by atoms with Crippen molar-refractivity contribution in [1.29, 1.82) is 0 Å². The zero-order valence-corrected chi connectivity index (χ0v) is 31.4. The third-order valence-corrected chi connectivity index (χ3v) is 11.8. The maximum absolute atomic E-state index is 14.4. The molecule has 3 fully saturated rings. The molecule has 5 amide bonds. The van der Waals surface area contributed by atoms with E-state index in [1.54, 1.807) is 25.7 Å². The normalized spacial score (nSPS) is 29.0. The number of amides is 5. The molecule has 0 aromatic heterocycles. The standard InChI is InChI=1S/C36H51N7O9S/c1-35(2,3)52-33(47)38-28-14-8-6-4-5-7-13-26-20-36(26,32(46)40-53(49,50)42-17-15-37-16-18-42)39-30(44)29-19-27(23-43(29)31(28)45)51-34(48)41-21-24-11-9-10-12-25(24)22-41/h7,9-13,26-29,37H,4-6,8,14-23H2,1-3H3,(H,38,47)(H,39,44)(H,40,46)/b13-7-/t26-,27+,28-,29-,36+/m0/s1. The third-order valence-electron chi connectivity index (χ3n) is 10.3. The number of carbonyl (C=O) groups is 5. The number of nitrogens with one attached hydrogen (secondary N) is 4. The number of piperazine rings is 1. The highest BCUT2D eigenvalue weighted by molar-refractivity contribution is 7.87. The van der Waals surface area contributed by atoms with Crippen LogP contribution in [-0.2, 0) is 47.2 Å². The van der Waals surface area contributed by atoms with Crippen molar-refractivity contribution in [3.05, 3.63) is 47.5 Å². The van der Waals surface area contributed by atoms with Crippen LogP contribution in [0.15, 0.2) is 36.4 Å². The quantitative estimate of drug-likeness (QED) is 0.321. The highest BCUT2D eigenvalue weighted by Crippen LogP contribution is 2.46. The van der Waals surface area contributed by atoms with Crippen LogP contribution in [0, 0.1) is 5.92 Å². The Balaban J connectivity index is 1.25. The molecular weight excluding hydrogens is 707 g/mol. The summed E-state index contributed by atoms with van der Waals surface area (Å²) in [7, 11) is -4.20. The lowest BCUT2D eigenvalue weighted by Gasteiger charge is -2.31. The number of hydrogen-bond acceptors (Lipinski definition) is 10. The van der Waals surface area contributed by atoms with Gasteiger partial charge in [0.25, 0.3) is 5.91 Å². The van der Waals surface area contributed by atoms with E-state index in [9.17, 15) is 32.4 Å². The van der Waals surface area contributed by atoms with E-state index < -0.39 is 75.4 Å². The Kier molecular flexibility index (Phi) is 11.4. The molecule has 290 valence electrons. The Labute approximate surface area is 310 Å². The molecule has 5 aliphatic rings. The molecule has 0 unspecified atom stereocenters. The fourth-order valence-electron chi connectivity index (χ4n) is 7.45. The van der Waals surface area contributed by atoms with Crippen LogP contribution in [0.2, 0.25) is 0 Å². The van der Waals surface area contributed by atoms with Crippen molar-refractivity contribution in [1.82, 2.24) is 34.8 Å². The smallest absolute Gasteiger partial charge is 0.410 e. The van der Waals surface area contributed by atoms with Crippen molar-refractivity contribution < 1.29 is 41.9 Å². The van der Waals surface area contributed by atoms with E-state index in [2.05, 4.69) is 20.7 Å². The number of carbonyl (C=O) groups excluding carboxylic acids is 5. The molecule has 1 aliphatic carbocycles. The Morgan fingerprint density at radius 3 is 2.38 bits per heavy atom. The molecule has 6 rings (SSSR count). The molecule has 17 heteroatoms. The lowest BCUT2D eigenvalue weighted by atomic mass is 10.0. The fourth-order valence-corrected chi connectivity index (χ4v) is 8.66. The van der Waals surface area contributed by atoms with Crippen molar-refractivity contribution in [2.75, 3.05) is 32.7 Å². The zero-order valence-electron chi connectivity index (χ0n) is 30.6. The van der Waals surface area contributed by atoms with Crippen molar-refractivity contribution in [2.24, 2.45) is 5.92 Å². The first-order chi connectivity index (χ1) is 25.1. The van der Waals surface area contributed by atoms with Crippen molar-refractivity contribution in [2.45, 2.75) is 108 Å². The van der Waals surface area contributed by atoms with Gasteiger partial charge in [0.2, 0.25) is 11.8 Å². The van der Waals surface area contributed by atoms with Gasteiger partial charge in [-0.3, -0.25) is 19.3 Å². The first kappa shape index (κ1) is 38.5. The first-order valence-electron chi connectivity index (χ1n) is 18.5. The first-order valence-corrected chi connectivity index (χ1v) is 19.9. The molecule has 1 saturated carbocycles. The Morgan fingerprint density at radius 1 is 1.00 bits per heavy atom. The van der Waals surface area contributed by atoms with Gasteiger partial charge in [0.05, 0.1) is 6.54 Å². The molecule has 0 bridgehead atoms. The summed E-state index contributed by atoms with van der Waals surface area (Å²) in [5.41, 5.74) is -0.388. The van der Waals surface area contributed by atoms with Gasteiger partial charge < -0.3 is 30.3 Å². The SMILES string of the molecule is CC(C)(C)OC(=O)N[C@H]1CCCCC/C=C\[C@H]2C[C@@]2(C(=O)NS(=O)(=O)N2CCNCC2)NC(=O)[C@@H]2C[C@@H](OC(=O)N3Cc4ccccc4C3)CN2C1=O. The van der Waals surface area contributed by atoms with E-state index in [1.165, 1.54) is 9.21 Å². The minimum atomic E-state index is -4.20. The molecule has 5 atom stereocenters. The van der Waals surface area contributed by atoms with Gasteiger partial charge in [-0.2, -0.15) is 12.7 Å². The van der Waals surface area contributed by atoms with E-state index in [0.717, 1.165) is 24.0 Å². The van der Waals surface area contributed by atoms with Gasteiger partial charge in [-0.15, -0.1) is 0 Å². The van der Waals surface area contributed by atoms with Gasteiger partial charge in [0, 0.05) is 51.6 Å². The molecule has 4 N–H and O–H groups in total. The molecule has 1 aromatic rings.